The van der Waals surface area contributed by atoms with E-state index in [1.165, 1.54) is 25.9 Å². The lowest BCUT2D eigenvalue weighted by Crippen LogP contribution is -2.33. The number of hydrogen-bond donors (Lipinski definition) is 1. The summed E-state index contributed by atoms with van der Waals surface area (Å²) < 4.78 is 2.30. The van der Waals surface area contributed by atoms with Crippen molar-refractivity contribution in [1.29, 1.82) is 0 Å². The lowest BCUT2D eigenvalue weighted by molar-refractivity contribution is -0.679. The molecule has 0 unspecified atom stereocenters. The largest absolute Gasteiger partial charge is 0.250 e. The van der Waals surface area contributed by atoms with Crippen LogP contribution < -0.4 is 5.32 Å². The van der Waals surface area contributed by atoms with E-state index in [1.54, 1.807) is 0 Å². The molecule has 1 fully saturated rings. The molecule has 2 aliphatic rings. The molecule has 0 aromatic carbocycles. The molecule has 1 N–H and O–H groups in total. The molecular weight excluding hydrogens is 126 g/mol. The van der Waals surface area contributed by atoms with Gasteiger partial charge in [-0.1, -0.05) is 0 Å². The number of nitrogens with zero attached hydrogens (tertiary/aromatic N) is 2. The van der Waals surface area contributed by atoms with Crippen LogP contribution in [0.1, 0.15) is 12.8 Å². The van der Waals surface area contributed by atoms with Gasteiger partial charge in [-0.25, -0.2) is 5.32 Å². The maximum absolute atomic E-state index is 3.28. The highest BCUT2D eigenvalue weighted by Crippen LogP contribution is 2.07. The number of nitrogens with one attached hydrogen (secondary N) is 1. The van der Waals surface area contributed by atoms with Crippen LogP contribution in [0.5, 0.6) is 0 Å². The van der Waals surface area contributed by atoms with Gasteiger partial charge in [0, 0.05) is 0 Å². The van der Waals surface area contributed by atoms with Crippen LogP contribution in [0.4, 0.5) is 0 Å². The predicted molar refractivity (Wildman–Crippen MR) is 40.0 cm³/mol. The molecular formula is C7H14N3+. The van der Waals surface area contributed by atoms with E-state index < -0.39 is 0 Å². The monoisotopic (exact) mass is 140 g/mol. The Morgan fingerprint density at radius 2 is 2.10 bits per heavy atom. The zero-order valence-corrected chi connectivity index (χ0v) is 6.21. The second-order valence-corrected chi connectivity index (χ2v) is 2.90. The third kappa shape index (κ3) is 1.01. The molecule has 0 radical (unpaired) electrons. The number of rotatable bonds is 1. The fourth-order valence-electron chi connectivity index (χ4n) is 1.59. The molecule has 2 rings (SSSR count). The van der Waals surface area contributed by atoms with Crippen LogP contribution in [-0.4, -0.2) is 42.2 Å². The van der Waals surface area contributed by atoms with Crippen molar-refractivity contribution in [3.8, 4) is 0 Å². The molecule has 0 bridgehead atoms. The van der Waals surface area contributed by atoms with Gasteiger partial charge in [0.1, 0.15) is 0 Å². The molecule has 10 heavy (non-hydrogen) atoms. The Kier molecular flexibility index (Phi) is 1.59. The molecule has 3 nitrogen and oxygen atoms in total. The minimum Gasteiger partial charge on any atom is -0.250 e. The first-order valence-corrected chi connectivity index (χ1v) is 4.02. The van der Waals surface area contributed by atoms with Crippen molar-refractivity contribution in [2.75, 3.05) is 26.3 Å². The maximum atomic E-state index is 3.28. The Labute approximate surface area is 61.3 Å². The molecule has 3 heteroatoms. The highest BCUT2D eigenvalue weighted by atomic mass is 15.6. The fourth-order valence-corrected chi connectivity index (χ4v) is 1.59. The molecule has 2 aliphatic heterocycles. The van der Waals surface area contributed by atoms with Gasteiger partial charge in [-0.05, 0) is 12.8 Å². The fraction of sp³-hybridized carbons (Fsp3) is 0.857. The van der Waals surface area contributed by atoms with Crippen molar-refractivity contribution in [3.63, 3.8) is 0 Å². The molecule has 0 aromatic heterocycles. The smallest absolute Gasteiger partial charge is 0.225 e. The molecule has 0 atom stereocenters. The first-order valence-electron chi connectivity index (χ1n) is 4.02. The topological polar surface area (TPSA) is 18.3 Å². The highest BCUT2D eigenvalue weighted by Gasteiger charge is 2.22. The van der Waals surface area contributed by atoms with Crippen molar-refractivity contribution < 1.29 is 4.68 Å². The van der Waals surface area contributed by atoms with Crippen molar-refractivity contribution in [2.45, 2.75) is 12.8 Å². The van der Waals surface area contributed by atoms with E-state index in [0.29, 0.717) is 0 Å². The molecule has 56 valence electrons. The predicted octanol–water partition coefficient (Wildman–Crippen LogP) is -0.359. The Morgan fingerprint density at radius 3 is 2.70 bits per heavy atom. The first-order chi connectivity index (χ1) is 4.97. The van der Waals surface area contributed by atoms with E-state index >= 15 is 0 Å². The summed E-state index contributed by atoms with van der Waals surface area (Å²) in [6.07, 6.45) is 4.96. The van der Waals surface area contributed by atoms with E-state index in [9.17, 15) is 0 Å². The molecule has 1 saturated heterocycles. The van der Waals surface area contributed by atoms with Gasteiger partial charge in [-0.15, -0.1) is 4.68 Å². The van der Waals surface area contributed by atoms with Crippen molar-refractivity contribution >= 4 is 6.21 Å². The van der Waals surface area contributed by atoms with Gasteiger partial charge in [0.15, 0.2) is 6.21 Å². The SMILES string of the molecule is C1=[N+](N2CCCC2)CNC1. The second-order valence-electron chi connectivity index (χ2n) is 2.90. The average molecular weight is 140 g/mol. The third-order valence-corrected chi connectivity index (χ3v) is 2.17. The zero-order chi connectivity index (χ0) is 6.81. The lowest BCUT2D eigenvalue weighted by Gasteiger charge is -2.10. The van der Waals surface area contributed by atoms with Gasteiger partial charge in [0.2, 0.25) is 6.67 Å². The van der Waals surface area contributed by atoms with Crippen LogP contribution in [0, 0.1) is 0 Å². The van der Waals surface area contributed by atoms with Gasteiger partial charge < -0.3 is 0 Å². The minimum absolute atomic E-state index is 1.01. The molecule has 2 heterocycles. The lowest BCUT2D eigenvalue weighted by atomic mass is 10.4. The highest BCUT2D eigenvalue weighted by molar-refractivity contribution is 5.54. The van der Waals surface area contributed by atoms with Crippen LogP contribution >= 0.6 is 0 Å². The number of hydrazine groups is 1. The van der Waals surface area contributed by atoms with Crippen LogP contribution in [0.25, 0.3) is 0 Å². The van der Waals surface area contributed by atoms with Crippen molar-refractivity contribution in [1.82, 2.24) is 10.3 Å². The standard InChI is InChI=1S/C7H14N3/c1-2-5-9(4-1)10-6-3-8-7-10/h6,8H,1-5,7H2/q+1. The molecule has 0 saturated carbocycles. The molecule has 0 aromatic rings. The quantitative estimate of drug-likeness (QED) is 0.501. The van der Waals surface area contributed by atoms with E-state index in [2.05, 4.69) is 21.2 Å². The third-order valence-electron chi connectivity index (χ3n) is 2.17. The van der Waals surface area contributed by atoms with Crippen LogP contribution in [0.15, 0.2) is 0 Å². The van der Waals surface area contributed by atoms with E-state index in [4.69, 9.17) is 0 Å². The van der Waals surface area contributed by atoms with E-state index in [0.717, 1.165) is 13.2 Å². The Morgan fingerprint density at radius 1 is 1.30 bits per heavy atom. The summed E-state index contributed by atoms with van der Waals surface area (Å²) in [6.45, 7) is 4.55. The summed E-state index contributed by atoms with van der Waals surface area (Å²) in [6, 6.07) is 0. The van der Waals surface area contributed by atoms with Gasteiger partial charge in [-0.2, -0.15) is 5.01 Å². The Hall–Kier alpha value is -0.570. The van der Waals surface area contributed by atoms with Crippen LogP contribution in [0.3, 0.4) is 0 Å². The number of hydrazone groups is 1. The van der Waals surface area contributed by atoms with Gasteiger partial charge in [0.05, 0.1) is 19.6 Å². The van der Waals surface area contributed by atoms with Crippen molar-refractivity contribution in [2.24, 2.45) is 0 Å². The molecule has 0 spiro atoms. The number of hydrogen-bond acceptors (Lipinski definition) is 2. The van der Waals surface area contributed by atoms with Crippen LogP contribution in [0.2, 0.25) is 0 Å². The first kappa shape index (κ1) is 6.16. The molecule has 0 aliphatic carbocycles. The zero-order valence-electron chi connectivity index (χ0n) is 6.21. The van der Waals surface area contributed by atoms with E-state index in [1.807, 2.05) is 0 Å². The Bertz CT molecular complexity index is 147. The Balaban J connectivity index is 1.97. The van der Waals surface area contributed by atoms with Gasteiger partial charge in [-0.3, -0.25) is 0 Å². The average Bonchev–Trinajstić information content (AvgIpc) is 2.59. The normalized spacial score (nSPS) is 25.6. The summed E-state index contributed by atoms with van der Waals surface area (Å²) >= 11 is 0. The molecule has 0 amide bonds. The summed E-state index contributed by atoms with van der Waals surface area (Å²) in [7, 11) is 0. The summed E-state index contributed by atoms with van der Waals surface area (Å²) in [5.74, 6) is 0. The summed E-state index contributed by atoms with van der Waals surface area (Å²) in [5, 5.41) is 5.69. The van der Waals surface area contributed by atoms with Crippen LogP contribution in [-0.2, 0) is 0 Å². The van der Waals surface area contributed by atoms with E-state index in [-0.39, 0.29) is 0 Å². The van der Waals surface area contributed by atoms with Gasteiger partial charge in [0.25, 0.3) is 0 Å². The van der Waals surface area contributed by atoms with Gasteiger partial charge >= 0.3 is 0 Å². The summed E-state index contributed by atoms with van der Waals surface area (Å²) in [5.41, 5.74) is 0. The minimum atomic E-state index is 1.01. The second kappa shape index (κ2) is 2.58. The maximum Gasteiger partial charge on any atom is 0.225 e. The summed E-state index contributed by atoms with van der Waals surface area (Å²) in [4.78, 5) is 0. The van der Waals surface area contributed by atoms with Crippen molar-refractivity contribution in [3.05, 3.63) is 0 Å².